The summed E-state index contributed by atoms with van der Waals surface area (Å²) in [6.07, 6.45) is 4.41. The molecule has 114 valence electrons. The lowest BCUT2D eigenvalue weighted by atomic mass is 9.80. The Kier molecular flexibility index (Phi) is 4.88. The number of nitrogens with zero attached hydrogens (tertiary/aromatic N) is 1. The van der Waals surface area contributed by atoms with Crippen LogP contribution in [0.3, 0.4) is 0 Å². The fraction of sp³-hybridized carbons (Fsp3) is 0.467. The number of rotatable bonds is 3. The van der Waals surface area contributed by atoms with Crippen molar-refractivity contribution in [3.8, 4) is 0 Å². The lowest BCUT2D eigenvalue weighted by Gasteiger charge is -2.36. The van der Waals surface area contributed by atoms with Gasteiger partial charge in [0.2, 0.25) is 0 Å². The molecule has 0 spiro atoms. The van der Waals surface area contributed by atoms with Crippen molar-refractivity contribution >= 4 is 27.7 Å². The monoisotopic (exact) mass is 353 g/mol. The van der Waals surface area contributed by atoms with Crippen LogP contribution >= 0.6 is 15.9 Å². The molecule has 0 aliphatic heterocycles. The van der Waals surface area contributed by atoms with Crippen LogP contribution in [0.25, 0.3) is 0 Å². The SMILES string of the molecule is Cc1cc(C(=O)NC2(/C(N)=N/O)CCCCC2)ccc1Br. The van der Waals surface area contributed by atoms with Crippen molar-refractivity contribution in [2.45, 2.75) is 44.6 Å². The molecule has 21 heavy (non-hydrogen) atoms. The molecule has 4 N–H and O–H groups in total. The third kappa shape index (κ3) is 3.37. The molecule has 1 aromatic carbocycles. The average Bonchev–Trinajstić information content (AvgIpc) is 2.50. The predicted octanol–water partition coefficient (Wildman–Crippen LogP) is 2.94. The quantitative estimate of drug-likeness (QED) is 0.338. The first-order chi connectivity index (χ1) is 9.98. The van der Waals surface area contributed by atoms with Gasteiger partial charge in [0.05, 0.1) is 0 Å². The van der Waals surface area contributed by atoms with Gasteiger partial charge in [-0.25, -0.2) is 0 Å². The van der Waals surface area contributed by atoms with Crippen molar-refractivity contribution < 1.29 is 10.0 Å². The molecule has 0 bridgehead atoms. The third-order valence-electron chi connectivity index (χ3n) is 4.08. The minimum atomic E-state index is -0.731. The highest BCUT2D eigenvalue weighted by Gasteiger charge is 2.38. The predicted molar refractivity (Wildman–Crippen MR) is 85.6 cm³/mol. The van der Waals surface area contributed by atoms with E-state index in [0.717, 1.165) is 29.3 Å². The van der Waals surface area contributed by atoms with E-state index in [4.69, 9.17) is 10.9 Å². The zero-order valence-electron chi connectivity index (χ0n) is 12.0. The molecule has 0 radical (unpaired) electrons. The van der Waals surface area contributed by atoms with Gasteiger partial charge in [-0.2, -0.15) is 0 Å². The Morgan fingerprint density at radius 2 is 2.05 bits per heavy atom. The molecule has 1 aliphatic carbocycles. The van der Waals surface area contributed by atoms with E-state index < -0.39 is 5.54 Å². The Hall–Kier alpha value is -1.56. The zero-order valence-corrected chi connectivity index (χ0v) is 13.6. The zero-order chi connectivity index (χ0) is 15.5. The standard InChI is InChI=1S/C15H20BrN3O2/c1-10-9-11(5-6-12(10)16)13(20)18-15(14(17)19-21)7-3-2-4-8-15/h5-6,9,21H,2-4,7-8H2,1H3,(H2,17,19)(H,18,20). The number of nitrogens with two attached hydrogens (primary N) is 1. The van der Waals surface area contributed by atoms with Gasteiger partial charge in [0.25, 0.3) is 5.91 Å². The summed E-state index contributed by atoms with van der Waals surface area (Å²) in [5, 5.41) is 15.1. The Morgan fingerprint density at radius 3 is 2.62 bits per heavy atom. The number of carbonyl (C=O) groups is 1. The molecule has 0 saturated heterocycles. The minimum absolute atomic E-state index is 0.0874. The smallest absolute Gasteiger partial charge is 0.252 e. The van der Waals surface area contributed by atoms with Crippen molar-refractivity contribution in [1.82, 2.24) is 5.32 Å². The topological polar surface area (TPSA) is 87.7 Å². The van der Waals surface area contributed by atoms with Crippen molar-refractivity contribution in [2.75, 3.05) is 0 Å². The van der Waals surface area contributed by atoms with E-state index in [1.54, 1.807) is 6.07 Å². The number of amides is 1. The Labute approximate surface area is 132 Å². The number of benzene rings is 1. The van der Waals surface area contributed by atoms with Gasteiger partial charge in [0, 0.05) is 10.0 Å². The molecule has 1 amide bonds. The molecule has 1 saturated carbocycles. The fourth-order valence-corrected chi connectivity index (χ4v) is 3.02. The normalized spacial score (nSPS) is 18.3. The molecular formula is C15H20BrN3O2. The van der Waals surface area contributed by atoms with E-state index in [9.17, 15) is 4.79 Å². The molecule has 6 heteroatoms. The van der Waals surface area contributed by atoms with Gasteiger partial charge in [-0.15, -0.1) is 0 Å². The molecule has 2 rings (SSSR count). The molecule has 1 fully saturated rings. The summed E-state index contributed by atoms with van der Waals surface area (Å²) in [4.78, 5) is 12.5. The number of hydrogen-bond acceptors (Lipinski definition) is 3. The maximum Gasteiger partial charge on any atom is 0.252 e. The van der Waals surface area contributed by atoms with Crippen LogP contribution in [-0.2, 0) is 0 Å². The molecule has 0 unspecified atom stereocenters. The fourth-order valence-electron chi connectivity index (χ4n) is 2.77. The third-order valence-corrected chi connectivity index (χ3v) is 4.97. The second kappa shape index (κ2) is 6.47. The van der Waals surface area contributed by atoms with Gasteiger partial charge in [-0.05, 0) is 43.5 Å². The van der Waals surface area contributed by atoms with Crippen molar-refractivity contribution in [1.29, 1.82) is 0 Å². The van der Waals surface area contributed by atoms with E-state index in [1.165, 1.54) is 0 Å². The van der Waals surface area contributed by atoms with Gasteiger partial charge in [0.1, 0.15) is 5.54 Å². The van der Waals surface area contributed by atoms with Crippen LogP contribution < -0.4 is 11.1 Å². The van der Waals surface area contributed by atoms with E-state index >= 15 is 0 Å². The summed E-state index contributed by atoms with van der Waals surface area (Å²) in [5.41, 5.74) is 6.68. The van der Waals surface area contributed by atoms with E-state index in [-0.39, 0.29) is 11.7 Å². The maximum absolute atomic E-state index is 12.5. The van der Waals surface area contributed by atoms with Crippen LogP contribution in [-0.4, -0.2) is 22.5 Å². The van der Waals surface area contributed by atoms with Gasteiger partial charge in [0.15, 0.2) is 5.84 Å². The number of aryl methyl sites for hydroxylation is 1. The molecule has 5 nitrogen and oxygen atoms in total. The highest BCUT2D eigenvalue weighted by atomic mass is 79.9. The Morgan fingerprint density at radius 1 is 1.38 bits per heavy atom. The summed E-state index contributed by atoms with van der Waals surface area (Å²) in [5.74, 6) is -0.108. The number of oxime groups is 1. The number of amidine groups is 1. The minimum Gasteiger partial charge on any atom is -0.409 e. The number of nitrogens with one attached hydrogen (secondary N) is 1. The second-order valence-corrected chi connectivity index (χ2v) is 6.40. The highest BCUT2D eigenvalue weighted by molar-refractivity contribution is 9.10. The van der Waals surface area contributed by atoms with Crippen molar-refractivity contribution in [2.24, 2.45) is 10.9 Å². The van der Waals surface area contributed by atoms with E-state index in [0.29, 0.717) is 18.4 Å². The molecular weight excluding hydrogens is 334 g/mol. The number of halogens is 1. The second-order valence-electron chi connectivity index (χ2n) is 5.55. The summed E-state index contributed by atoms with van der Waals surface area (Å²) < 4.78 is 0.961. The van der Waals surface area contributed by atoms with E-state index in [2.05, 4.69) is 26.4 Å². The Bertz CT molecular complexity index is 566. The molecule has 0 heterocycles. The Balaban J connectivity index is 2.23. The van der Waals surface area contributed by atoms with Crippen LogP contribution in [0, 0.1) is 6.92 Å². The maximum atomic E-state index is 12.5. The summed E-state index contributed by atoms with van der Waals surface area (Å²) >= 11 is 3.42. The number of carbonyl (C=O) groups excluding carboxylic acids is 1. The summed E-state index contributed by atoms with van der Waals surface area (Å²) in [7, 11) is 0. The molecule has 0 aromatic heterocycles. The first-order valence-electron chi connectivity index (χ1n) is 7.05. The van der Waals surface area contributed by atoms with Gasteiger partial charge in [-0.3, -0.25) is 4.79 Å². The average molecular weight is 354 g/mol. The van der Waals surface area contributed by atoms with Crippen molar-refractivity contribution in [3.05, 3.63) is 33.8 Å². The van der Waals surface area contributed by atoms with Crippen LogP contribution in [0.5, 0.6) is 0 Å². The molecule has 1 aromatic rings. The molecule has 0 atom stereocenters. The van der Waals surface area contributed by atoms with Gasteiger partial charge < -0.3 is 16.3 Å². The largest absolute Gasteiger partial charge is 0.409 e. The summed E-state index contributed by atoms with van der Waals surface area (Å²) in [6, 6.07) is 5.43. The number of hydrogen-bond donors (Lipinski definition) is 3. The van der Waals surface area contributed by atoms with Crippen LogP contribution in [0.2, 0.25) is 0 Å². The van der Waals surface area contributed by atoms with Crippen molar-refractivity contribution in [3.63, 3.8) is 0 Å². The lowest BCUT2D eigenvalue weighted by molar-refractivity contribution is 0.0905. The highest BCUT2D eigenvalue weighted by Crippen LogP contribution is 2.29. The first-order valence-corrected chi connectivity index (χ1v) is 7.84. The first kappa shape index (κ1) is 15.8. The van der Waals surface area contributed by atoms with E-state index in [1.807, 2.05) is 19.1 Å². The van der Waals surface area contributed by atoms with Gasteiger partial charge >= 0.3 is 0 Å². The van der Waals surface area contributed by atoms with Crippen LogP contribution in [0.4, 0.5) is 0 Å². The molecule has 1 aliphatic rings. The lowest BCUT2D eigenvalue weighted by Crippen LogP contribution is -2.58. The van der Waals surface area contributed by atoms with Crippen LogP contribution in [0.15, 0.2) is 27.8 Å². The van der Waals surface area contributed by atoms with Gasteiger partial charge in [-0.1, -0.05) is 40.3 Å². The van der Waals surface area contributed by atoms with Crippen LogP contribution in [0.1, 0.15) is 48.0 Å². The summed E-state index contributed by atoms with van der Waals surface area (Å²) in [6.45, 7) is 1.93.